The van der Waals surface area contributed by atoms with Crippen molar-refractivity contribution in [3.63, 3.8) is 0 Å². The van der Waals surface area contributed by atoms with Gasteiger partial charge in [-0.3, -0.25) is 4.99 Å². The molecule has 2 unspecified atom stereocenters. The molecule has 2 aliphatic heterocycles. The quantitative estimate of drug-likeness (QED) is 0.198. The van der Waals surface area contributed by atoms with Gasteiger partial charge in [-0.15, -0.1) is 0 Å². The fraction of sp³-hybridized carbons (Fsp3) is 0.195. The summed E-state index contributed by atoms with van der Waals surface area (Å²) in [6, 6.07) is 40.9. The first-order valence-electron chi connectivity index (χ1n) is 16.2. The predicted molar refractivity (Wildman–Crippen MR) is 190 cm³/mol. The zero-order valence-corrected chi connectivity index (χ0v) is 26.1. The van der Waals surface area contributed by atoms with Gasteiger partial charge in [-0.1, -0.05) is 109 Å². The van der Waals surface area contributed by atoms with Crippen molar-refractivity contribution >= 4 is 28.0 Å². The van der Waals surface area contributed by atoms with Gasteiger partial charge in [0.25, 0.3) is 0 Å². The van der Waals surface area contributed by atoms with Crippen molar-refractivity contribution in [1.29, 1.82) is 0 Å². The van der Waals surface area contributed by atoms with Crippen molar-refractivity contribution in [3.8, 4) is 22.3 Å². The Morgan fingerprint density at radius 3 is 1.80 bits per heavy atom. The molecule has 5 aromatic rings. The first kappa shape index (κ1) is 27.5. The van der Waals surface area contributed by atoms with Gasteiger partial charge < -0.3 is 14.7 Å². The summed E-state index contributed by atoms with van der Waals surface area (Å²) >= 11 is 0. The Kier molecular flexibility index (Phi) is 6.79. The second kappa shape index (κ2) is 11.1. The maximum absolute atomic E-state index is 5.11. The Hall–Kier alpha value is -5.09. The van der Waals surface area contributed by atoms with E-state index in [2.05, 4.69) is 169 Å². The molecule has 45 heavy (non-hydrogen) atoms. The number of amidine groups is 1. The largest absolute Gasteiger partial charge is 0.349 e. The number of allylic oxidation sites excluding steroid dienone is 2. The number of rotatable bonds is 6. The van der Waals surface area contributed by atoms with E-state index in [1.165, 1.54) is 55.5 Å². The summed E-state index contributed by atoms with van der Waals surface area (Å²) in [4.78, 5) is 12.4. The van der Waals surface area contributed by atoms with Crippen LogP contribution in [0.4, 0.5) is 11.4 Å². The Morgan fingerprint density at radius 1 is 0.600 bits per heavy atom. The molecule has 1 aliphatic carbocycles. The third kappa shape index (κ3) is 4.55. The first-order valence-corrected chi connectivity index (χ1v) is 16.2. The van der Waals surface area contributed by atoms with Gasteiger partial charge in [0.1, 0.15) is 12.0 Å². The second-order valence-electron chi connectivity index (χ2n) is 12.2. The molecule has 3 aliphatic rings. The first-order chi connectivity index (χ1) is 22.1. The average Bonchev–Trinajstić information content (AvgIpc) is 3.62. The zero-order valence-electron chi connectivity index (χ0n) is 26.1. The molecule has 3 atom stereocenters. The van der Waals surface area contributed by atoms with Crippen molar-refractivity contribution in [2.75, 3.05) is 29.9 Å². The lowest BCUT2D eigenvalue weighted by Crippen LogP contribution is -2.38. The molecular formula is C41H38N4. The van der Waals surface area contributed by atoms with Crippen LogP contribution in [-0.4, -0.2) is 43.0 Å². The highest BCUT2D eigenvalue weighted by atomic mass is 15.4. The highest BCUT2D eigenvalue weighted by Gasteiger charge is 2.34. The summed E-state index contributed by atoms with van der Waals surface area (Å²) < 4.78 is 0. The van der Waals surface area contributed by atoms with Gasteiger partial charge in [-0.25, -0.2) is 0 Å². The molecule has 0 saturated carbocycles. The molecule has 4 heteroatoms. The van der Waals surface area contributed by atoms with E-state index in [9.17, 15) is 0 Å². The lowest BCUT2D eigenvalue weighted by Gasteiger charge is -2.30. The van der Waals surface area contributed by atoms with Crippen molar-refractivity contribution in [3.05, 3.63) is 145 Å². The number of likely N-dealkylation sites (N-methyl/N-ethyl adjacent to an activating group) is 1. The van der Waals surface area contributed by atoms with E-state index in [0.29, 0.717) is 6.04 Å². The van der Waals surface area contributed by atoms with Crippen molar-refractivity contribution < 1.29 is 0 Å². The lowest BCUT2D eigenvalue weighted by atomic mass is 9.90. The van der Waals surface area contributed by atoms with E-state index in [4.69, 9.17) is 4.99 Å². The molecule has 4 nitrogen and oxygen atoms in total. The van der Waals surface area contributed by atoms with Crippen molar-refractivity contribution in [2.45, 2.75) is 32.1 Å². The number of anilines is 2. The van der Waals surface area contributed by atoms with Gasteiger partial charge in [-0.2, -0.15) is 0 Å². The number of nitrogens with zero attached hydrogens (tertiary/aromatic N) is 4. The van der Waals surface area contributed by atoms with E-state index < -0.39 is 0 Å². The van der Waals surface area contributed by atoms with Gasteiger partial charge in [0.2, 0.25) is 0 Å². The van der Waals surface area contributed by atoms with Crippen LogP contribution in [0.1, 0.15) is 31.1 Å². The molecule has 0 fully saturated rings. The maximum atomic E-state index is 5.11. The Labute approximate surface area is 266 Å². The molecular weight excluding hydrogens is 548 g/mol. The highest BCUT2D eigenvalue weighted by Crippen LogP contribution is 2.45. The molecule has 0 saturated heterocycles. The third-order valence-corrected chi connectivity index (χ3v) is 9.76. The SMILES string of the molecule is CCN1C(c2ccc(-c3cc4ccccc4cc3-c3ccc([C@H]4N(C)c5ccccc5N4CC)cc3)cc2)=NC2C=CC=CC21. The Balaban J connectivity index is 1.16. The molecule has 5 aromatic carbocycles. The van der Waals surface area contributed by atoms with E-state index in [-0.39, 0.29) is 12.2 Å². The third-order valence-electron chi connectivity index (χ3n) is 9.76. The van der Waals surface area contributed by atoms with Crippen LogP contribution in [0.3, 0.4) is 0 Å². The molecule has 222 valence electrons. The molecule has 0 spiro atoms. The summed E-state index contributed by atoms with van der Waals surface area (Å²) in [6.07, 6.45) is 8.92. The van der Waals surface area contributed by atoms with Gasteiger partial charge in [0.05, 0.1) is 23.5 Å². The smallest absolute Gasteiger partial charge is 0.132 e. The van der Waals surface area contributed by atoms with Crippen LogP contribution in [0.25, 0.3) is 33.0 Å². The van der Waals surface area contributed by atoms with Crippen LogP contribution < -0.4 is 9.80 Å². The normalized spacial score (nSPS) is 20.1. The Morgan fingerprint density at radius 2 is 1.16 bits per heavy atom. The van der Waals surface area contributed by atoms with E-state index >= 15 is 0 Å². The standard InChI is InChI=1S/C41H38N4/c1-4-44-37-15-9-8-14-36(37)42-40(44)30-22-18-28(19-23-30)34-26-32-12-6-7-13-33(32)27-35(34)29-20-24-31(25-21-29)41-43(3)38-16-10-11-17-39(38)45(41)5-2/h6-27,36-37,41H,4-5H2,1-3H3/t36?,37?,41-/m0/s1. The summed E-state index contributed by atoms with van der Waals surface area (Å²) in [7, 11) is 2.20. The number of para-hydroxylation sites is 2. The Bertz CT molecular complexity index is 1970. The predicted octanol–water partition coefficient (Wildman–Crippen LogP) is 9.09. The van der Waals surface area contributed by atoms with Gasteiger partial charge in [0.15, 0.2) is 0 Å². The number of fused-ring (bicyclic) bond motifs is 3. The highest BCUT2D eigenvalue weighted by molar-refractivity contribution is 6.02. The van der Waals surface area contributed by atoms with Crippen LogP contribution in [0, 0.1) is 0 Å². The number of hydrogen-bond acceptors (Lipinski definition) is 4. The second-order valence-corrected chi connectivity index (χ2v) is 12.2. The fourth-order valence-electron chi connectivity index (χ4n) is 7.53. The van der Waals surface area contributed by atoms with Crippen LogP contribution in [-0.2, 0) is 0 Å². The molecule has 0 aromatic heterocycles. The molecule has 8 rings (SSSR count). The molecule has 0 radical (unpaired) electrons. The number of aliphatic imine (C=N–C) groups is 1. The minimum atomic E-state index is 0.182. The van der Waals surface area contributed by atoms with Gasteiger partial charge in [0, 0.05) is 25.7 Å². The summed E-state index contributed by atoms with van der Waals surface area (Å²) in [5.41, 5.74) is 9.99. The molecule has 0 N–H and O–H groups in total. The van der Waals surface area contributed by atoms with Gasteiger partial charge >= 0.3 is 0 Å². The lowest BCUT2D eigenvalue weighted by molar-refractivity contribution is 0.387. The summed E-state index contributed by atoms with van der Waals surface area (Å²) in [5, 5.41) is 2.50. The maximum Gasteiger partial charge on any atom is 0.132 e. The van der Waals surface area contributed by atoms with E-state index in [0.717, 1.165) is 18.9 Å². The van der Waals surface area contributed by atoms with E-state index in [1.54, 1.807) is 0 Å². The van der Waals surface area contributed by atoms with Crippen molar-refractivity contribution in [1.82, 2.24) is 4.90 Å². The monoisotopic (exact) mass is 586 g/mol. The molecule has 0 amide bonds. The van der Waals surface area contributed by atoms with Crippen molar-refractivity contribution in [2.24, 2.45) is 4.99 Å². The summed E-state index contributed by atoms with van der Waals surface area (Å²) in [6.45, 7) is 6.35. The van der Waals surface area contributed by atoms with Crippen LogP contribution in [0.5, 0.6) is 0 Å². The minimum absolute atomic E-state index is 0.182. The van der Waals surface area contributed by atoms with Crippen LogP contribution in [0.2, 0.25) is 0 Å². The van der Waals surface area contributed by atoms with Gasteiger partial charge in [-0.05, 0) is 76.7 Å². The van der Waals surface area contributed by atoms with Crippen LogP contribution >= 0.6 is 0 Å². The molecule has 0 bridgehead atoms. The topological polar surface area (TPSA) is 22.1 Å². The summed E-state index contributed by atoms with van der Waals surface area (Å²) in [5.74, 6) is 1.09. The fourth-order valence-corrected chi connectivity index (χ4v) is 7.53. The zero-order chi connectivity index (χ0) is 30.5. The van der Waals surface area contributed by atoms with Crippen LogP contribution in [0.15, 0.2) is 138 Å². The number of hydrogen-bond donors (Lipinski definition) is 0. The minimum Gasteiger partial charge on any atom is -0.349 e. The molecule has 2 heterocycles. The number of benzene rings is 5. The average molecular weight is 587 g/mol. The van der Waals surface area contributed by atoms with E-state index in [1.807, 2.05) is 0 Å².